The number of hydrogen-bond acceptors (Lipinski definition) is 1. The van der Waals surface area contributed by atoms with Gasteiger partial charge in [0.25, 0.3) is 0 Å². The van der Waals surface area contributed by atoms with Crippen LogP contribution in [0.2, 0.25) is 0 Å². The number of para-hydroxylation sites is 1. The lowest BCUT2D eigenvalue weighted by atomic mass is 9.63. The third-order valence-corrected chi connectivity index (χ3v) is 5.71. The van der Waals surface area contributed by atoms with Crippen molar-refractivity contribution >= 4 is 23.3 Å². The van der Waals surface area contributed by atoms with E-state index in [1.54, 1.807) is 11.3 Å². The minimum absolute atomic E-state index is 0. The maximum Gasteiger partial charge on any atom is 0.0485 e. The Balaban J connectivity index is 0.00000144. The lowest BCUT2D eigenvalue weighted by Crippen LogP contribution is -2.36. The fourth-order valence-corrected chi connectivity index (χ4v) is 5.08. The topological polar surface area (TPSA) is 8.17 Å². The van der Waals surface area contributed by atoms with E-state index >= 15 is 0 Å². The zero-order valence-electron chi connectivity index (χ0n) is 13.9. The van der Waals surface area contributed by atoms with Crippen LogP contribution in [0, 0.1) is 5.92 Å². The molecule has 0 spiro atoms. The van der Waals surface area contributed by atoms with Crippen LogP contribution in [0.4, 0.5) is 0 Å². The lowest BCUT2D eigenvalue weighted by molar-refractivity contribution is 0.192. The normalized spacial score (nSPS) is 26.3. The van der Waals surface area contributed by atoms with Crippen molar-refractivity contribution in [3.05, 3.63) is 35.5 Å². The van der Waals surface area contributed by atoms with Crippen molar-refractivity contribution in [3.8, 4) is 0 Å². The first kappa shape index (κ1) is 15.9. The summed E-state index contributed by atoms with van der Waals surface area (Å²) in [5, 5.41) is 1.53. The largest absolute Gasteiger partial charge is 0.344 e. The van der Waals surface area contributed by atoms with E-state index in [4.69, 9.17) is 0 Å². The van der Waals surface area contributed by atoms with Gasteiger partial charge in [-0.25, -0.2) is 0 Å². The van der Waals surface area contributed by atoms with Gasteiger partial charge in [0.1, 0.15) is 0 Å². The number of halogens is 1. The molecule has 3 atom stereocenters. The Morgan fingerprint density at radius 3 is 2.68 bits per heavy atom. The van der Waals surface area contributed by atoms with Gasteiger partial charge in [0.05, 0.1) is 0 Å². The molecule has 3 heteroatoms. The molecular weight excluding hydrogens is 292 g/mol. The zero-order valence-corrected chi connectivity index (χ0v) is 14.7. The molecule has 3 aliphatic rings. The van der Waals surface area contributed by atoms with E-state index in [-0.39, 0.29) is 12.4 Å². The summed E-state index contributed by atoms with van der Waals surface area (Å²) in [6.45, 7) is 4.65. The van der Waals surface area contributed by atoms with Gasteiger partial charge in [-0.05, 0) is 63.7 Å². The minimum atomic E-state index is 0. The summed E-state index contributed by atoms with van der Waals surface area (Å²) in [6.07, 6.45) is 4.19. The van der Waals surface area contributed by atoms with E-state index in [0.717, 1.165) is 24.3 Å². The highest BCUT2D eigenvalue weighted by molar-refractivity contribution is 5.87. The van der Waals surface area contributed by atoms with Crippen LogP contribution in [0.1, 0.15) is 49.3 Å². The second-order valence-corrected chi connectivity index (χ2v) is 7.20. The Kier molecular flexibility index (Phi) is 4.26. The maximum absolute atomic E-state index is 2.61. The third kappa shape index (κ3) is 2.19. The van der Waals surface area contributed by atoms with Crippen LogP contribution in [0.25, 0.3) is 10.9 Å². The molecule has 2 aromatic rings. The third-order valence-electron chi connectivity index (χ3n) is 5.71. The van der Waals surface area contributed by atoms with Crippen LogP contribution in [0.15, 0.2) is 24.3 Å². The van der Waals surface area contributed by atoms with Gasteiger partial charge >= 0.3 is 0 Å². The molecule has 5 rings (SSSR count). The van der Waals surface area contributed by atoms with Crippen LogP contribution < -0.4 is 0 Å². The summed E-state index contributed by atoms with van der Waals surface area (Å²) in [5.74, 6) is 2.42. The molecular formula is C19H27ClN2. The molecule has 1 saturated carbocycles. The van der Waals surface area contributed by atoms with E-state index in [9.17, 15) is 0 Å². The highest BCUT2D eigenvalue weighted by atomic mass is 35.5. The summed E-state index contributed by atoms with van der Waals surface area (Å²) in [5.41, 5.74) is 4.86. The van der Waals surface area contributed by atoms with Crippen molar-refractivity contribution in [1.29, 1.82) is 0 Å². The molecule has 0 N–H and O–H groups in total. The number of fused-ring (bicyclic) bond motifs is 3. The molecule has 1 heterocycles. The highest BCUT2D eigenvalue weighted by Gasteiger charge is 2.43. The monoisotopic (exact) mass is 318 g/mol. The first-order chi connectivity index (χ1) is 10.2. The zero-order chi connectivity index (χ0) is 14.6. The van der Waals surface area contributed by atoms with E-state index in [1.807, 2.05) is 0 Å². The van der Waals surface area contributed by atoms with Crippen molar-refractivity contribution < 1.29 is 0 Å². The lowest BCUT2D eigenvalue weighted by Gasteiger charge is -2.44. The number of aromatic nitrogens is 1. The molecule has 3 unspecified atom stereocenters. The highest BCUT2D eigenvalue weighted by Crippen LogP contribution is 2.55. The second-order valence-electron chi connectivity index (χ2n) is 7.20. The second kappa shape index (κ2) is 5.90. The Labute approximate surface area is 139 Å². The summed E-state index contributed by atoms with van der Waals surface area (Å²) >= 11 is 0. The smallest absolute Gasteiger partial charge is 0.0485 e. The van der Waals surface area contributed by atoms with Gasteiger partial charge in [0, 0.05) is 35.6 Å². The van der Waals surface area contributed by atoms with E-state index in [2.05, 4.69) is 54.8 Å². The molecule has 1 fully saturated rings. The van der Waals surface area contributed by atoms with Crippen LogP contribution in [-0.2, 0) is 6.54 Å². The first-order valence-corrected chi connectivity index (χ1v) is 8.46. The van der Waals surface area contributed by atoms with Gasteiger partial charge in [0.2, 0.25) is 0 Å². The molecule has 22 heavy (non-hydrogen) atoms. The quantitative estimate of drug-likeness (QED) is 0.801. The van der Waals surface area contributed by atoms with Gasteiger partial charge in [-0.1, -0.05) is 18.2 Å². The van der Waals surface area contributed by atoms with Crippen molar-refractivity contribution in [3.63, 3.8) is 0 Å². The van der Waals surface area contributed by atoms with E-state index < -0.39 is 0 Å². The molecule has 1 aromatic carbocycles. The SMILES string of the molecule is CCn1c2c(c3ccccc31)C1CCC2C(CN(C)C)C1.Cl. The van der Waals surface area contributed by atoms with Gasteiger partial charge in [-0.15, -0.1) is 12.4 Å². The number of rotatable bonds is 3. The molecule has 0 radical (unpaired) electrons. The number of hydrogen-bond donors (Lipinski definition) is 0. The molecule has 0 aliphatic heterocycles. The standard InChI is InChI=1S/C19H26N2.ClH/c1-4-21-17-8-6-5-7-16(17)18-13-9-10-15(19(18)21)14(11-13)12-20(2)3;/h5-8,13-15H,4,9-12H2,1-3H3;1H. The number of benzene rings is 1. The Morgan fingerprint density at radius 2 is 1.95 bits per heavy atom. The molecule has 1 aromatic heterocycles. The average molecular weight is 319 g/mol. The van der Waals surface area contributed by atoms with Crippen LogP contribution in [-0.4, -0.2) is 30.1 Å². The van der Waals surface area contributed by atoms with Gasteiger partial charge in [-0.2, -0.15) is 0 Å². The summed E-state index contributed by atoms with van der Waals surface area (Å²) in [4.78, 5) is 2.38. The van der Waals surface area contributed by atoms with Gasteiger partial charge < -0.3 is 9.47 Å². The predicted octanol–water partition coefficient (Wildman–Crippen LogP) is 4.63. The average Bonchev–Trinajstić information content (AvgIpc) is 2.83. The summed E-state index contributed by atoms with van der Waals surface area (Å²) in [6, 6.07) is 9.07. The molecule has 0 saturated heterocycles. The minimum Gasteiger partial charge on any atom is -0.344 e. The summed E-state index contributed by atoms with van der Waals surface area (Å²) < 4.78 is 2.61. The van der Waals surface area contributed by atoms with Crippen LogP contribution in [0.5, 0.6) is 0 Å². The van der Waals surface area contributed by atoms with Gasteiger partial charge in [-0.3, -0.25) is 0 Å². The maximum atomic E-state index is 2.61. The van der Waals surface area contributed by atoms with Crippen molar-refractivity contribution in [1.82, 2.24) is 9.47 Å². The van der Waals surface area contributed by atoms with E-state index in [0.29, 0.717) is 0 Å². The van der Waals surface area contributed by atoms with Crippen LogP contribution in [0.3, 0.4) is 0 Å². The predicted molar refractivity (Wildman–Crippen MR) is 96.2 cm³/mol. The fraction of sp³-hybridized carbons (Fsp3) is 0.579. The molecule has 3 aliphatic carbocycles. The number of nitrogens with zero attached hydrogens (tertiary/aromatic N) is 2. The Hall–Kier alpha value is -0.990. The fourth-order valence-electron chi connectivity index (χ4n) is 5.08. The van der Waals surface area contributed by atoms with Crippen molar-refractivity contribution in [2.45, 2.75) is 44.6 Å². The Bertz CT molecular complexity index is 673. The first-order valence-electron chi connectivity index (χ1n) is 8.46. The Morgan fingerprint density at radius 1 is 1.18 bits per heavy atom. The van der Waals surface area contributed by atoms with Gasteiger partial charge in [0.15, 0.2) is 0 Å². The molecule has 120 valence electrons. The molecule has 0 amide bonds. The van der Waals surface area contributed by atoms with Crippen molar-refractivity contribution in [2.75, 3.05) is 20.6 Å². The van der Waals surface area contributed by atoms with Crippen LogP contribution >= 0.6 is 12.4 Å². The summed E-state index contributed by atoms with van der Waals surface area (Å²) in [7, 11) is 4.44. The molecule has 2 bridgehead atoms. The van der Waals surface area contributed by atoms with Crippen molar-refractivity contribution in [2.24, 2.45) is 5.92 Å². The molecule has 2 nitrogen and oxygen atoms in total. The number of aryl methyl sites for hydroxylation is 1. The van der Waals surface area contributed by atoms with E-state index in [1.165, 1.54) is 36.7 Å².